The molecule has 1 amide bonds. The van der Waals surface area contributed by atoms with Gasteiger partial charge in [-0.15, -0.1) is 12.3 Å². The Bertz CT molecular complexity index is 1040. The SMILES string of the molecule is C#CC[C@@H]1C(=O)N(Cc2ccccc2)C(c2ccccc2)=N[C@@H]1c1ccccc1. The number of benzene rings is 3. The molecule has 0 unspecified atom stereocenters. The second kappa shape index (κ2) is 8.58. The third kappa shape index (κ3) is 3.97. The molecule has 142 valence electrons. The molecule has 0 aromatic heterocycles. The fourth-order valence-electron chi connectivity index (χ4n) is 3.75. The number of carbonyl (C=O) groups is 1. The number of carbonyl (C=O) groups excluding carboxylic acids is 1. The number of terminal acetylenes is 1. The van der Waals surface area contributed by atoms with E-state index in [0.717, 1.165) is 16.7 Å². The first-order chi connectivity index (χ1) is 14.3. The Morgan fingerprint density at radius 2 is 1.45 bits per heavy atom. The molecule has 2 atom stereocenters. The zero-order valence-electron chi connectivity index (χ0n) is 16.1. The molecular weight excluding hydrogens is 356 g/mol. The molecule has 29 heavy (non-hydrogen) atoms. The summed E-state index contributed by atoms with van der Waals surface area (Å²) in [5.74, 6) is 3.03. The van der Waals surface area contributed by atoms with Gasteiger partial charge in [0.25, 0.3) is 0 Å². The summed E-state index contributed by atoms with van der Waals surface area (Å²) in [5.41, 5.74) is 2.99. The van der Waals surface area contributed by atoms with E-state index in [4.69, 9.17) is 11.4 Å². The van der Waals surface area contributed by atoms with Crippen LogP contribution in [0.1, 0.15) is 29.2 Å². The Balaban J connectivity index is 1.83. The summed E-state index contributed by atoms with van der Waals surface area (Å²) in [6.45, 7) is 0.468. The minimum Gasteiger partial charge on any atom is -0.292 e. The number of nitrogens with zero attached hydrogens (tertiary/aromatic N) is 2. The molecule has 0 aliphatic carbocycles. The summed E-state index contributed by atoms with van der Waals surface area (Å²) in [6, 6.07) is 29.5. The van der Waals surface area contributed by atoms with Crippen molar-refractivity contribution < 1.29 is 4.79 Å². The first kappa shape index (κ1) is 18.7. The van der Waals surface area contributed by atoms with Gasteiger partial charge in [0.2, 0.25) is 5.91 Å². The molecule has 0 N–H and O–H groups in total. The van der Waals surface area contributed by atoms with Crippen LogP contribution in [0.5, 0.6) is 0 Å². The molecule has 0 radical (unpaired) electrons. The monoisotopic (exact) mass is 378 g/mol. The number of hydrogen-bond donors (Lipinski definition) is 0. The maximum absolute atomic E-state index is 13.6. The number of aliphatic imine (C=N–C) groups is 1. The molecule has 0 saturated carbocycles. The van der Waals surface area contributed by atoms with E-state index in [1.54, 1.807) is 4.90 Å². The predicted octanol–water partition coefficient (Wildman–Crippen LogP) is 4.86. The second-order valence-corrected chi connectivity index (χ2v) is 7.10. The zero-order chi connectivity index (χ0) is 20.1. The maximum atomic E-state index is 13.6. The van der Waals surface area contributed by atoms with E-state index in [0.29, 0.717) is 18.8 Å². The molecule has 0 spiro atoms. The van der Waals surface area contributed by atoms with Gasteiger partial charge in [-0.3, -0.25) is 14.7 Å². The molecule has 0 fully saturated rings. The largest absolute Gasteiger partial charge is 0.292 e. The highest BCUT2D eigenvalue weighted by Gasteiger charge is 2.39. The van der Waals surface area contributed by atoms with Gasteiger partial charge in [0.15, 0.2) is 0 Å². The predicted molar refractivity (Wildman–Crippen MR) is 116 cm³/mol. The molecule has 0 bridgehead atoms. The van der Waals surface area contributed by atoms with E-state index in [9.17, 15) is 4.79 Å². The summed E-state index contributed by atoms with van der Waals surface area (Å²) in [6.07, 6.45) is 5.99. The standard InChI is InChI=1S/C26H22N2O/c1-2-12-23-24(21-15-8-4-9-16-21)27-25(22-17-10-5-11-18-22)28(26(23)29)19-20-13-6-3-7-14-20/h1,3-11,13-18,23-24H,12,19H2/t23-,24+/m0/s1. The fourth-order valence-corrected chi connectivity index (χ4v) is 3.75. The van der Waals surface area contributed by atoms with Crippen LogP contribution in [0.25, 0.3) is 0 Å². The molecule has 3 aromatic rings. The first-order valence-electron chi connectivity index (χ1n) is 9.75. The van der Waals surface area contributed by atoms with Gasteiger partial charge in [0.1, 0.15) is 5.84 Å². The average molecular weight is 378 g/mol. The lowest BCUT2D eigenvalue weighted by Gasteiger charge is -2.36. The number of amides is 1. The van der Waals surface area contributed by atoms with Crippen LogP contribution in [-0.4, -0.2) is 16.6 Å². The van der Waals surface area contributed by atoms with Gasteiger partial charge in [-0.25, -0.2) is 0 Å². The highest BCUT2D eigenvalue weighted by molar-refractivity contribution is 6.10. The molecule has 3 heteroatoms. The molecule has 3 nitrogen and oxygen atoms in total. The maximum Gasteiger partial charge on any atom is 0.235 e. The topological polar surface area (TPSA) is 32.7 Å². The molecule has 1 aliphatic rings. The van der Waals surface area contributed by atoms with Crippen LogP contribution in [-0.2, 0) is 11.3 Å². The summed E-state index contributed by atoms with van der Waals surface area (Å²) in [4.78, 5) is 20.5. The van der Waals surface area contributed by atoms with Gasteiger partial charge < -0.3 is 0 Å². The van der Waals surface area contributed by atoms with Crippen molar-refractivity contribution in [2.75, 3.05) is 0 Å². The molecule has 1 aliphatic heterocycles. The van der Waals surface area contributed by atoms with Crippen molar-refractivity contribution in [3.63, 3.8) is 0 Å². The third-order valence-electron chi connectivity index (χ3n) is 5.18. The van der Waals surface area contributed by atoms with Crippen molar-refractivity contribution in [3.05, 3.63) is 108 Å². The Labute approximate surface area is 171 Å². The third-order valence-corrected chi connectivity index (χ3v) is 5.18. The van der Waals surface area contributed by atoms with Gasteiger partial charge >= 0.3 is 0 Å². The van der Waals surface area contributed by atoms with Crippen LogP contribution in [0.3, 0.4) is 0 Å². The summed E-state index contributed by atoms with van der Waals surface area (Å²) in [7, 11) is 0. The Kier molecular flexibility index (Phi) is 5.54. The number of amidine groups is 1. The lowest BCUT2D eigenvalue weighted by Crippen LogP contribution is -2.46. The second-order valence-electron chi connectivity index (χ2n) is 7.10. The highest BCUT2D eigenvalue weighted by Crippen LogP contribution is 2.35. The van der Waals surface area contributed by atoms with E-state index >= 15 is 0 Å². The van der Waals surface area contributed by atoms with E-state index in [1.807, 2.05) is 91.0 Å². The Hall–Kier alpha value is -3.64. The van der Waals surface area contributed by atoms with Gasteiger partial charge in [-0.1, -0.05) is 91.0 Å². The van der Waals surface area contributed by atoms with E-state index < -0.39 is 0 Å². The van der Waals surface area contributed by atoms with Crippen molar-refractivity contribution >= 4 is 11.7 Å². The van der Waals surface area contributed by atoms with Crippen LogP contribution in [0.2, 0.25) is 0 Å². The van der Waals surface area contributed by atoms with Gasteiger partial charge in [-0.05, 0) is 11.1 Å². The van der Waals surface area contributed by atoms with Crippen molar-refractivity contribution in [2.45, 2.75) is 19.0 Å². The number of rotatable bonds is 5. The zero-order valence-corrected chi connectivity index (χ0v) is 16.1. The van der Waals surface area contributed by atoms with Gasteiger partial charge in [0, 0.05) is 12.0 Å². The average Bonchev–Trinajstić information content (AvgIpc) is 2.78. The van der Waals surface area contributed by atoms with Crippen molar-refractivity contribution in [1.82, 2.24) is 4.90 Å². The lowest BCUT2D eigenvalue weighted by atomic mass is 9.87. The quantitative estimate of drug-likeness (QED) is 0.584. The van der Waals surface area contributed by atoms with Crippen LogP contribution >= 0.6 is 0 Å². The van der Waals surface area contributed by atoms with Crippen LogP contribution in [0.15, 0.2) is 96.0 Å². The fraction of sp³-hybridized carbons (Fsp3) is 0.154. The van der Waals surface area contributed by atoms with Crippen molar-refractivity contribution in [3.8, 4) is 12.3 Å². The Morgan fingerprint density at radius 1 is 0.862 bits per heavy atom. The van der Waals surface area contributed by atoms with E-state index in [1.165, 1.54) is 0 Å². The van der Waals surface area contributed by atoms with E-state index in [2.05, 4.69) is 5.92 Å². The molecule has 4 rings (SSSR count). The summed E-state index contributed by atoms with van der Waals surface area (Å²) in [5, 5.41) is 0. The summed E-state index contributed by atoms with van der Waals surface area (Å²) >= 11 is 0. The lowest BCUT2D eigenvalue weighted by molar-refractivity contribution is -0.133. The van der Waals surface area contributed by atoms with Crippen molar-refractivity contribution in [2.24, 2.45) is 10.9 Å². The van der Waals surface area contributed by atoms with Crippen LogP contribution in [0.4, 0.5) is 0 Å². The molecule has 0 saturated heterocycles. The van der Waals surface area contributed by atoms with Crippen molar-refractivity contribution in [1.29, 1.82) is 0 Å². The van der Waals surface area contributed by atoms with Gasteiger partial charge in [-0.2, -0.15) is 0 Å². The van der Waals surface area contributed by atoms with E-state index in [-0.39, 0.29) is 17.9 Å². The van der Waals surface area contributed by atoms with Crippen LogP contribution < -0.4 is 0 Å². The highest BCUT2D eigenvalue weighted by atomic mass is 16.2. The molecule has 1 heterocycles. The number of hydrogen-bond acceptors (Lipinski definition) is 2. The normalized spacial score (nSPS) is 18.8. The minimum atomic E-state index is -0.376. The first-order valence-corrected chi connectivity index (χ1v) is 9.75. The summed E-state index contributed by atoms with van der Waals surface area (Å²) < 4.78 is 0. The minimum absolute atomic E-state index is 0.0227. The molecular formula is C26H22N2O. The smallest absolute Gasteiger partial charge is 0.235 e. The molecule has 3 aromatic carbocycles. The van der Waals surface area contributed by atoms with Gasteiger partial charge in [0.05, 0.1) is 18.5 Å². The Morgan fingerprint density at radius 3 is 2.07 bits per heavy atom. The van der Waals surface area contributed by atoms with Crippen LogP contribution in [0, 0.1) is 18.3 Å².